The Kier molecular flexibility index (Phi) is 9.12. The second-order valence-corrected chi connectivity index (χ2v) is 25.5. The molecule has 1 aromatic heterocycles. The van der Waals surface area contributed by atoms with Gasteiger partial charge in [-0.05, 0) is 182 Å². The molecule has 1 saturated carbocycles. The second-order valence-electron chi connectivity index (χ2n) is 25.5. The normalized spacial score (nSPS) is 19.9. The molecule has 12 rings (SSSR count). The Labute approximate surface area is 401 Å². The van der Waals surface area contributed by atoms with Gasteiger partial charge in [0, 0.05) is 51.0 Å². The average molecular weight is 883 g/mol. The van der Waals surface area contributed by atoms with Gasteiger partial charge < -0.3 is 14.2 Å². The molecule has 0 bridgehead atoms. The first-order valence-corrected chi connectivity index (χ1v) is 25.8. The molecule has 67 heavy (non-hydrogen) atoms. The van der Waals surface area contributed by atoms with Crippen molar-refractivity contribution in [1.82, 2.24) is 0 Å². The average Bonchev–Trinajstić information content (AvgIpc) is 3.72. The highest BCUT2D eigenvalue weighted by molar-refractivity contribution is 7.00. The van der Waals surface area contributed by atoms with Crippen molar-refractivity contribution in [3.63, 3.8) is 0 Å². The summed E-state index contributed by atoms with van der Waals surface area (Å²) in [7, 11) is 0. The third-order valence-electron chi connectivity index (χ3n) is 17.9. The number of fused-ring (bicyclic) bond motifs is 9. The first-order chi connectivity index (χ1) is 31.6. The number of rotatable bonds is 3. The van der Waals surface area contributed by atoms with Gasteiger partial charge in [0.2, 0.25) is 0 Å². The van der Waals surface area contributed by atoms with E-state index in [1.54, 1.807) is 0 Å². The number of hydrogen-bond donors (Lipinski definition) is 0. The van der Waals surface area contributed by atoms with Gasteiger partial charge in [-0.3, -0.25) is 0 Å². The number of aryl methyl sites for hydroxylation is 2. The molecule has 2 aliphatic heterocycles. The molecule has 0 saturated heterocycles. The van der Waals surface area contributed by atoms with Crippen LogP contribution >= 0.6 is 0 Å². The lowest BCUT2D eigenvalue weighted by Crippen LogP contribution is -2.61. The van der Waals surface area contributed by atoms with Gasteiger partial charge in [0.15, 0.2) is 0 Å². The minimum absolute atomic E-state index is 0.0179. The summed E-state index contributed by atoms with van der Waals surface area (Å²) in [5.41, 5.74) is 25.8. The summed E-state index contributed by atoms with van der Waals surface area (Å²) >= 11 is 0. The number of benzene rings is 6. The fraction of sp³-hybridized carbons (Fsp3) is 0.429. The highest BCUT2D eigenvalue weighted by Crippen LogP contribution is 2.55. The molecule has 0 unspecified atom stereocenters. The molecular formula is C63H71BN2O. The van der Waals surface area contributed by atoms with Crippen LogP contribution in [0.15, 0.2) is 95.4 Å². The lowest BCUT2D eigenvalue weighted by molar-refractivity contribution is 0.332. The molecule has 0 amide bonds. The predicted octanol–water partition coefficient (Wildman–Crippen LogP) is 15.9. The third kappa shape index (κ3) is 6.36. The largest absolute Gasteiger partial charge is 0.456 e. The zero-order chi connectivity index (χ0) is 46.9. The Hall–Kier alpha value is -5.22. The summed E-state index contributed by atoms with van der Waals surface area (Å²) in [6.45, 7) is 31.5. The van der Waals surface area contributed by atoms with Crippen molar-refractivity contribution in [2.75, 3.05) is 9.80 Å². The minimum Gasteiger partial charge on any atom is -0.456 e. The first kappa shape index (κ1) is 43.1. The van der Waals surface area contributed by atoms with E-state index in [2.05, 4.69) is 191 Å². The van der Waals surface area contributed by atoms with Crippen LogP contribution in [-0.2, 0) is 27.1 Å². The number of hydrogen-bond acceptors (Lipinski definition) is 3. The highest BCUT2D eigenvalue weighted by atomic mass is 16.3. The number of nitrogens with zero attached hydrogens (tertiary/aromatic N) is 2. The molecule has 3 nitrogen and oxygen atoms in total. The van der Waals surface area contributed by atoms with E-state index in [-0.39, 0.29) is 33.8 Å². The molecule has 342 valence electrons. The van der Waals surface area contributed by atoms with E-state index >= 15 is 0 Å². The summed E-state index contributed by atoms with van der Waals surface area (Å²) in [4.78, 5) is 5.43. The molecule has 0 spiro atoms. The summed E-state index contributed by atoms with van der Waals surface area (Å²) in [5, 5.41) is 2.41. The van der Waals surface area contributed by atoms with Crippen LogP contribution in [0.25, 0.3) is 21.9 Å². The van der Waals surface area contributed by atoms with Crippen LogP contribution in [0.1, 0.15) is 178 Å². The van der Waals surface area contributed by atoms with Gasteiger partial charge in [0.1, 0.15) is 11.2 Å². The molecular weight excluding hydrogens is 812 g/mol. The molecule has 0 radical (unpaired) electrons. The second kappa shape index (κ2) is 14.2. The van der Waals surface area contributed by atoms with Gasteiger partial charge in [0.25, 0.3) is 6.71 Å². The number of para-hydroxylation sites is 1. The van der Waals surface area contributed by atoms with Crippen LogP contribution in [0, 0.1) is 13.8 Å². The summed E-state index contributed by atoms with van der Waals surface area (Å²) < 4.78 is 6.92. The molecule has 6 aromatic carbocycles. The van der Waals surface area contributed by atoms with Gasteiger partial charge in [-0.1, -0.05) is 138 Å². The van der Waals surface area contributed by atoms with E-state index < -0.39 is 0 Å². The smallest absolute Gasteiger partial charge is 0.252 e. The standard InChI is InChI=1S/C63H71BN2O/c1-37-19-17-18-22-50(37)65-53-35-57-43(42-30-41(59(3,4)5)23-24-56(42)67-57)31-48(53)64-49-32-45-47(63(12,13)36-62(45,10)11)34-52(49)66(55-29-40(28-54(65)58(55)64)39-20-15-14-16-21-39)51-33-46-44(27-38(51)2)60(6,7)25-26-61(46,8)9/h17-19,22-24,27-35,39H,14-16,20-21,25-26,36H2,1-13H3. The van der Waals surface area contributed by atoms with Crippen LogP contribution in [0.3, 0.4) is 0 Å². The Morgan fingerprint density at radius 1 is 0.522 bits per heavy atom. The van der Waals surface area contributed by atoms with E-state index in [1.165, 1.54) is 151 Å². The molecule has 3 heterocycles. The van der Waals surface area contributed by atoms with Crippen LogP contribution < -0.4 is 26.2 Å². The van der Waals surface area contributed by atoms with Gasteiger partial charge in [-0.25, -0.2) is 0 Å². The van der Waals surface area contributed by atoms with Crippen molar-refractivity contribution in [2.24, 2.45) is 0 Å². The van der Waals surface area contributed by atoms with Crippen LogP contribution in [0.5, 0.6) is 0 Å². The fourth-order valence-electron chi connectivity index (χ4n) is 14.2. The van der Waals surface area contributed by atoms with E-state index in [1.807, 2.05) is 0 Å². The Balaban J connectivity index is 1.24. The van der Waals surface area contributed by atoms with Crippen molar-refractivity contribution in [2.45, 2.75) is 174 Å². The summed E-state index contributed by atoms with van der Waals surface area (Å²) in [6.07, 6.45) is 9.94. The van der Waals surface area contributed by atoms with Crippen molar-refractivity contribution >= 4 is 79.2 Å². The number of anilines is 6. The maximum Gasteiger partial charge on any atom is 0.252 e. The Bertz CT molecular complexity index is 3230. The molecule has 3 aliphatic carbocycles. The third-order valence-corrected chi connectivity index (χ3v) is 17.9. The van der Waals surface area contributed by atoms with Crippen molar-refractivity contribution in [1.29, 1.82) is 0 Å². The van der Waals surface area contributed by atoms with Crippen LogP contribution in [-0.4, -0.2) is 6.71 Å². The van der Waals surface area contributed by atoms with E-state index in [0.717, 1.165) is 17.6 Å². The van der Waals surface area contributed by atoms with Gasteiger partial charge in [-0.15, -0.1) is 0 Å². The monoisotopic (exact) mass is 883 g/mol. The lowest BCUT2D eigenvalue weighted by Gasteiger charge is -2.47. The van der Waals surface area contributed by atoms with Crippen molar-refractivity contribution < 1.29 is 4.42 Å². The fourth-order valence-corrected chi connectivity index (χ4v) is 14.2. The summed E-state index contributed by atoms with van der Waals surface area (Å²) in [5.74, 6) is 0.524. The zero-order valence-electron chi connectivity index (χ0n) is 42.8. The Morgan fingerprint density at radius 2 is 1.09 bits per heavy atom. The van der Waals surface area contributed by atoms with Gasteiger partial charge in [-0.2, -0.15) is 0 Å². The molecule has 0 N–H and O–H groups in total. The molecule has 7 aromatic rings. The SMILES string of the molecule is Cc1ccccc1N1c2cc3oc4ccc(C(C)(C)C)cc4c3cc2B2c3cc4c(cc3N(c3cc5c(cc3C)C(C)(C)CCC5(C)C)c3cc(C5CCCCC5)cc1c32)C(C)(C)CC4(C)C. The quantitative estimate of drug-likeness (QED) is 0.165. The van der Waals surface area contributed by atoms with E-state index in [0.29, 0.717) is 5.92 Å². The number of furan rings is 1. The van der Waals surface area contributed by atoms with Crippen molar-refractivity contribution in [3.8, 4) is 0 Å². The van der Waals surface area contributed by atoms with Gasteiger partial charge in [0.05, 0.1) is 0 Å². The zero-order valence-corrected chi connectivity index (χ0v) is 42.8. The van der Waals surface area contributed by atoms with Gasteiger partial charge >= 0.3 is 0 Å². The van der Waals surface area contributed by atoms with Crippen molar-refractivity contribution in [3.05, 3.63) is 136 Å². The summed E-state index contributed by atoms with van der Waals surface area (Å²) in [6, 6.07) is 36.9. The first-order valence-electron chi connectivity index (χ1n) is 25.8. The topological polar surface area (TPSA) is 19.6 Å². The Morgan fingerprint density at radius 3 is 1.76 bits per heavy atom. The van der Waals surface area contributed by atoms with E-state index in [9.17, 15) is 0 Å². The maximum absolute atomic E-state index is 6.92. The van der Waals surface area contributed by atoms with E-state index in [4.69, 9.17) is 4.42 Å². The molecule has 5 aliphatic rings. The van der Waals surface area contributed by atoms with Crippen LogP contribution in [0.2, 0.25) is 0 Å². The predicted molar refractivity (Wildman–Crippen MR) is 288 cm³/mol. The highest BCUT2D eigenvalue weighted by Gasteiger charge is 2.49. The van der Waals surface area contributed by atoms with Crippen LogP contribution in [0.4, 0.5) is 34.1 Å². The molecule has 1 fully saturated rings. The molecule has 4 heteroatoms. The molecule has 0 atom stereocenters. The maximum atomic E-state index is 6.92. The lowest BCUT2D eigenvalue weighted by atomic mass is 9.33. The minimum atomic E-state index is 0.0179.